The summed E-state index contributed by atoms with van der Waals surface area (Å²) in [6, 6.07) is 0. The Morgan fingerprint density at radius 2 is 2.16 bits per heavy atom. The minimum Gasteiger partial charge on any atom is -0.487 e. The Labute approximate surface area is 112 Å². The van der Waals surface area contributed by atoms with E-state index in [0.29, 0.717) is 13.2 Å². The Balaban J connectivity index is 2.09. The van der Waals surface area contributed by atoms with Crippen LogP contribution in [0.4, 0.5) is 0 Å². The highest BCUT2D eigenvalue weighted by Gasteiger charge is 2.23. The van der Waals surface area contributed by atoms with Gasteiger partial charge in [0.15, 0.2) is 5.75 Å². The number of rotatable bonds is 3. The molecule has 0 saturated carbocycles. The highest BCUT2D eigenvalue weighted by molar-refractivity contribution is 5.86. The van der Waals surface area contributed by atoms with Gasteiger partial charge in [-0.1, -0.05) is 0 Å². The van der Waals surface area contributed by atoms with Crippen molar-refractivity contribution in [2.45, 2.75) is 13.0 Å². The first kappa shape index (κ1) is 12.2. The molecular formula is C13H18N4O2. The molecule has 0 N–H and O–H groups in total. The number of aromatic nitrogens is 3. The van der Waals surface area contributed by atoms with Crippen molar-refractivity contribution in [1.82, 2.24) is 19.4 Å². The molecule has 6 nitrogen and oxygen atoms in total. The fraction of sp³-hybridized carbons (Fsp3) is 0.538. The number of fused-ring (bicyclic) bond motifs is 3. The monoisotopic (exact) mass is 262 g/mol. The molecule has 0 spiro atoms. The van der Waals surface area contributed by atoms with Crippen LogP contribution in [-0.4, -0.2) is 53.3 Å². The van der Waals surface area contributed by atoms with Gasteiger partial charge in [0.2, 0.25) is 5.88 Å². The van der Waals surface area contributed by atoms with Gasteiger partial charge in [-0.15, -0.1) is 0 Å². The van der Waals surface area contributed by atoms with Crippen molar-refractivity contribution in [2.24, 2.45) is 0 Å². The molecule has 0 bridgehead atoms. The van der Waals surface area contributed by atoms with Crippen molar-refractivity contribution < 1.29 is 9.47 Å². The zero-order chi connectivity index (χ0) is 13.2. The van der Waals surface area contributed by atoms with E-state index in [1.54, 1.807) is 12.5 Å². The van der Waals surface area contributed by atoms with E-state index in [1.165, 1.54) is 0 Å². The van der Waals surface area contributed by atoms with Gasteiger partial charge in [0, 0.05) is 25.7 Å². The molecule has 102 valence electrons. The molecule has 3 rings (SSSR count). The van der Waals surface area contributed by atoms with Gasteiger partial charge in [-0.25, -0.2) is 9.97 Å². The molecule has 0 unspecified atom stereocenters. The summed E-state index contributed by atoms with van der Waals surface area (Å²) in [7, 11) is 4.10. The first-order valence-electron chi connectivity index (χ1n) is 6.50. The molecule has 19 heavy (non-hydrogen) atoms. The summed E-state index contributed by atoms with van der Waals surface area (Å²) in [5.41, 5.74) is 0.878. The third-order valence-corrected chi connectivity index (χ3v) is 3.18. The van der Waals surface area contributed by atoms with Gasteiger partial charge in [0.05, 0.1) is 18.6 Å². The second-order valence-electron chi connectivity index (χ2n) is 4.90. The van der Waals surface area contributed by atoms with Gasteiger partial charge < -0.3 is 14.4 Å². The maximum atomic E-state index is 5.85. The van der Waals surface area contributed by atoms with Crippen molar-refractivity contribution in [2.75, 3.05) is 33.9 Å². The van der Waals surface area contributed by atoms with Crippen LogP contribution in [0.1, 0.15) is 6.42 Å². The van der Waals surface area contributed by atoms with Crippen LogP contribution >= 0.6 is 0 Å². The molecule has 1 aliphatic rings. The van der Waals surface area contributed by atoms with Gasteiger partial charge in [0.25, 0.3) is 0 Å². The quantitative estimate of drug-likeness (QED) is 0.830. The van der Waals surface area contributed by atoms with E-state index >= 15 is 0 Å². The second-order valence-corrected chi connectivity index (χ2v) is 4.90. The fourth-order valence-electron chi connectivity index (χ4n) is 2.22. The average Bonchev–Trinajstić information content (AvgIpc) is 2.56. The first-order valence-corrected chi connectivity index (χ1v) is 6.50. The molecule has 0 saturated heterocycles. The molecule has 1 aliphatic heterocycles. The van der Waals surface area contributed by atoms with Crippen molar-refractivity contribution in [3.05, 3.63) is 12.5 Å². The maximum Gasteiger partial charge on any atom is 0.239 e. The van der Waals surface area contributed by atoms with Crippen LogP contribution in [-0.2, 0) is 6.54 Å². The van der Waals surface area contributed by atoms with E-state index in [-0.39, 0.29) is 0 Å². The molecule has 0 radical (unpaired) electrons. The summed E-state index contributed by atoms with van der Waals surface area (Å²) in [5.74, 6) is 1.57. The SMILES string of the molecule is CN(C)CCn1c2c(c3cncnc31)OCCCO2. The van der Waals surface area contributed by atoms with E-state index in [4.69, 9.17) is 9.47 Å². The zero-order valence-corrected chi connectivity index (χ0v) is 11.3. The summed E-state index contributed by atoms with van der Waals surface area (Å²) >= 11 is 0. The smallest absolute Gasteiger partial charge is 0.239 e. The van der Waals surface area contributed by atoms with Crippen LogP contribution in [0.25, 0.3) is 11.0 Å². The molecule has 0 amide bonds. The normalized spacial score (nSPS) is 14.9. The summed E-state index contributed by atoms with van der Waals surface area (Å²) < 4.78 is 13.7. The van der Waals surface area contributed by atoms with Crippen LogP contribution in [0.5, 0.6) is 11.6 Å². The predicted octanol–water partition coefficient (Wildman–Crippen LogP) is 1.15. The maximum absolute atomic E-state index is 5.85. The highest BCUT2D eigenvalue weighted by Crippen LogP contribution is 2.39. The molecule has 0 aromatic carbocycles. The molecule has 6 heteroatoms. The average molecular weight is 262 g/mol. The van der Waals surface area contributed by atoms with Crippen molar-refractivity contribution in [3.8, 4) is 11.6 Å². The second kappa shape index (κ2) is 5.05. The van der Waals surface area contributed by atoms with Gasteiger partial charge in [-0.3, -0.25) is 4.57 Å². The van der Waals surface area contributed by atoms with Gasteiger partial charge >= 0.3 is 0 Å². The van der Waals surface area contributed by atoms with E-state index in [0.717, 1.165) is 42.2 Å². The molecule has 0 aliphatic carbocycles. The lowest BCUT2D eigenvalue weighted by Crippen LogP contribution is -2.19. The standard InChI is InChI=1S/C13H18N4O2/c1-16(2)4-5-17-12-10(8-14-9-15-12)11-13(17)19-7-3-6-18-11/h8-9H,3-7H2,1-2H3. The molecular weight excluding hydrogens is 244 g/mol. The summed E-state index contributed by atoms with van der Waals surface area (Å²) in [6.07, 6.45) is 4.26. The minimum absolute atomic E-state index is 0.675. The van der Waals surface area contributed by atoms with Gasteiger partial charge in [-0.2, -0.15) is 0 Å². The van der Waals surface area contributed by atoms with Crippen LogP contribution in [0, 0.1) is 0 Å². The number of likely N-dealkylation sites (N-methyl/N-ethyl adjacent to an activating group) is 1. The van der Waals surface area contributed by atoms with Crippen LogP contribution in [0.15, 0.2) is 12.5 Å². The highest BCUT2D eigenvalue weighted by atomic mass is 16.5. The Kier molecular flexibility index (Phi) is 3.25. The minimum atomic E-state index is 0.675. The molecule has 2 aromatic rings. The zero-order valence-electron chi connectivity index (χ0n) is 11.3. The lowest BCUT2D eigenvalue weighted by atomic mass is 10.4. The van der Waals surface area contributed by atoms with E-state index in [9.17, 15) is 0 Å². The van der Waals surface area contributed by atoms with Crippen molar-refractivity contribution in [3.63, 3.8) is 0 Å². The fourth-order valence-corrected chi connectivity index (χ4v) is 2.22. The number of ether oxygens (including phenoxy) is 2. The molecule has 3 heterocycles. The lowest BCUT2D eigenvalue weighted by molar-refractivity contribution is 0.281. The summed E-state index contributed by atoms with van der Waals surface area (Å²) in [4.78, 5) is 10.6. The molecule has 0 atom stereocenters. The Bertz CT molecular complexity index is 579. The number of hydrogen-bond donors (Lipinski definition) is 0. The third kappa shape index (κ3) is 2.23. The Morgan fingerprint density at radius 1 is 1.32 bits per heavy atom. The van der Waals surface area contributed by atoms with E-state index < -0.39 is 0 Å². The largest absolute Gasteiger partial charge is 0.487 e. The van der Waals surface area contributed by atoms with E-state index in [1.807, 2.05) is 0 Å². The van der Waals surface area contributed by atoms with Crippen LogP contribution in [0.3, 0.4) is 0 Å². The van der Waals surface area contributed by atoms with Crippen LogP contribution < -0.4 is 9.47 Å². The number of hydrogen-bond acceptors (Lipinski definition) is 5. The van der Waals surface area contributed by atoms with Crippen LogP contribution in [0.2, 0.25) is 0 Å². The van der Waals surface area contributed by atoms with Crippen molar-refractivity contribution >= 4 is 11.0 Å². The molecule has 0 fully saturated rings. The lowest BCUT2D eigenvalue weighted by Gasteiger charge is -2.13. The van der Waals surface area contributed by atoms with Gasteiger partial charge in [0.1, 0.15) is 12.0 Å². The molecule has 2 aromatic heterocycles. The number of nitrogens with zero attached hydrogens (tertiary/aromatic N) is 4. The third-order valence-electron chi connectivity index (χ3n) is 3.18. The van der Waals surface area contributed by atoms with Crippen molar-refractivity contribution in [1.29, 1.82) is 0 Å². The summed E-state index contributed by atoms with van der Waals surface area (Å²) in [6.45, 7) is 3.09. The first-order chi connectivity index (χ1) is 9.27. The predicted molar refractivity (Wildman–Crippen MR) is 71.7 cm³/mol. The Hall–Kier alpha value is -1.82. The topological polar surface area (TPSA) is 52.4 Å². The summed E-state index contributed by atoms with van der Waals surface area (Å²) in [5, 5.41) is 0.929. The Morgan fingerprint density at radius 3 is 3.00 bits per heavy atom. The van der Waals surface area contributed by atoms with E-state index in [2.05, 4.69) is 33.5 Å². The van der Waals surface area contributed by atoms with Gasteiger partial charge in [-0.05, 0) is 14.1 Å².